The van der Waals surface area contributed by atoms with E-state index in [-0.39, 0.29) is 11.1 Å². The summed E-state index contributed by atoms with van der Waals surface area (Å²) in [6.45, 7) is 16.2. The summed E-state index contributed by atoms with van der Waals surface area (Å²) in [6.07, 6.45) is 7.42. The number of benzene rings is 1. The van der Waals surface area contributed by atoms with Crippen LogP contribution in [0.3, 0.4) is 0 Å². The van der Waals surface area contributed by atoms with Gasteiger partial charge in [-0.05, 0) is 78.9 Å². The number of aryl methyl sites for hydroxylation is 2. The second-order valence-electron chi connectivity index (χ2n) is 8.78. The monoisotopic (exact) mass is 363 g/mol. The summed E-state index contributed by atoms with van der Waals surface area (Å²) in [5.74, 6) is 1.03. The lowest BCUT2D eigenvalue weighted by Crippen LogP contribution is -2.57. The minimum Gasteiger partial charge on any atom is -0.493 e. The van der Waals surface area contributed by atoms with Crippen LogP contribution in [0.2, 0.25) is 0 Å². The molecule has 26 heavy (non-hydrogen) atoms. The molecule has 2 rings (SSSR count). The van der Waals surface area contributed by atoms with Crippen LogP contribution in [0.25, 0.3) is 0 Å². The number of unbranched alkanes of at least 4 members (excludes halogenated alkanes) is 2. The van der Waals surface area contributed by atoms with E-state index in [1.54, 1.807) is 7.11 Å². The maximum atomic E-state index is 5.69. The highest BCUT2D eigenvalue weighted by atomic mass is 16.7. The smallest absolute Gasteiger partial charge is 0.122 e. The van der Waals surface area contributed by atoms with Crippen molar-refractivity contribution >= 4 is 0 Å². The minimum absolute atomic E-state index is 0.191. The summed E-state index contributed by atoms with van der Waals surface area (Å²) < 4.78 is 5.69. The van der Waals surface area contributed by atoms with Crippen molar-refractivity contribution in [2.24, 2.45) is 0 Å². The number of nitrogens with zero attached hydrogens (tertiary/aromatic N) is 1. The van der Waals surface area contributed by atoms with Crippen molar-refractivity contribution in [2.75, 3.05) is 13.7 Å². The number of rotatable bonds is 6. The van der Waals surface area contributed by atoms with E-state index < -0.39 is 0 Å². The minimum atomic E-state index is 0.191. The third kappa shape index (κ3) is 6.92. The highest BCUT2D eigenvalue weighted by Crippen LogP contribution is 2.37. The second kappa shape index (κ2) is 10.3. The molecular weight excluding hydrogens is 322 g/mol. The normalized spacial score (nSPS) is 18.8. The quantitative estimate of drug-likeness (QED) is 0.541. The molecule has 0 radical (unpaired) electrons. The van der Waals surface area contributed by atoms with E-state index in [4.69, 9.17) is 9.57 Å². The van der Waals surface area contributed by atoms with E-state index in [0.717, 1.165) is 18.8 Å². The molecule has 0 bridgehead atoms. The zero-order valence-corrected chi connectivity index (χ0v) is 18.4. The molecule has 0 unspecified atom stereocenters. The first kappa shape index (κ1) is 23.0. The van der Waals surface area contributed by atoms with Gasteiger partial charge in [-0.2, -0.15) is 5.06 Å². The topological polar surface area (TPSA) is 21.7 Å². The van der Waals surface area contributed by atoms with Gasteiger partial charge in [0.15, 0.2) is 0 Å². The number of ether oxygens (including phenoxy) is 1. The van der Waals surface area contributed by atoms with Crippen LogP contribution in [0, 0.1) is 13.8 Å². The third-order valence-corrected chi connectivity index (χ3v) is 5.20. The number of piperidine rings is 1. The van der Waals surface area contributed by atoms with Gasteiger partial charge in [0.1, 0.15) is 5.75 Å². The fraction of sp³-hybridized carbons (Fsp3) is 0.739. The van der Waals surface area contributed by atoms with E-state index in [1.165, 1.54) is 43.2 Å². The first-order chi connectivity index (χ1) is 12.1. The summed E-state index contributed by atoms with van der Waals surface area (Å²) >= 11 is 0. The summed E-state index contributed by atoms with van der Waals surface area (Å²) in [5, 5.41) is 2.14. The Labute approximate surface area is 162 Å². The molecule has 0 N–H and O–H groups in total. The highest BCUT2D eigenvalue weighted by Gasteiger charge is 2.41. The Morgan fingerprint density at radius 3 is 2.08 bits per heavy atom. The molecule has 1 saturated heterocycles. The van der Waals surface area contributed by atoms with Gasteiger partial charge in [0.2, 0.25) is 0 Å². The van der Waals surface area contributed by atoms with Crippen LogP contribution in [-0.4, -0.2) is 29.9 Å². The van der Waals surface area contributed by atoms with Crippen LogP contribution >= 0.6 is 0 Å². The van der Waals surface area contributed by atoms with Crippen LogP contribution < -0.4 is 4.74 Å². The second-order valence-corrected chi connectivity index (χ2v) is 8.78. The summed E-state index contributed by atoms with van der Waals surface area (Å²) in [6, 6.07) is 6.33. The summed E-state index contributed by atoms with van der Waals surface area (Å²) in [5.41, 5.74) is 2.91. The van der Waals surface area contributed by atoms with Crippen molar-refractivity contribution in [3.8, 4) is 5.75 Å². The number of hydrogen-bond donors (Lipinski definition) is 0. The van der Waals surface area contributed by atoms with Gasteiger partial charge in [-0.15, -0.1) is 0 Å². The molecule has 3 heteroatoms. The molecule has 1 aliphatic rings. The molecule has 0 aliphatic carbocycles. The number of hydrogen-bond acceptors (Lipinski definition) is 3. The Bertz CT molecular complexity index is 521. The standard InChI is InChI=1S/C13H20O.C10H21NO/c1-4-5-6-9-14-13-8-7-11(2)10-12(13)3;1-9(2)7-6-8-10(3,4)11(9)12-5/h7-8,10H,4-6,9H2,1-3H3;6-8H2,1-5H3. The lowest BCUT2D eigenvalue weighted by Gasteiger charge is -2.50. The first-order valence-electron chi connectivity index (χ1n) is 10.2. The maximum absolute atomic E-state index is 5.69. The van der Waals surface area contributed by atoms with Crippen LogP contribution in [0.1, 0.15) is 84.3 Å². The Balaban J connectivity index is 0.000000263. The fourth-order valence-electron chi connectivity index (χ4n) is 3.97. The van der Waals surface area contributed by atoms with Gasteiger partial charge in [-0.1, -0.05) is 37.5 Å². The summed E-state index contributed by atoms with van der Waals surface area (Å²) in [7, 11) is 1.77. The molecule has 1 fully saturated rings. The van der Waals surface area contributed by atoms with E-state index in [0.29, 0.717) is 0 Å². The van der Waals surface area contributed by atoms with Gasteiger partial charge < -0.3 is 9.57 Å². The van der Waals surface area contributed by atoms with Crippen LogP contribution in [0.4, 0.5) is 0 Å². The molecule has 0 saturated carbocycles. The molecule has 1 aromatic carbocycles. The molecule has 0 spiro atoms. The van der Waals surface area contributed by atoms with Gasteiger partial charge >= 0.3 is 0 Å². The molecule has 0 amide bonds. The Morgan fingerprint density at radius 1 is 1.00 bits per heavy atom. The SMILES string of the molecule is CCCCCOc1ccc(C)cc1C.CON1C(C)(C)CCCC1(C)C. The molecule has 0 atom stereocenters. The summed E-state index contributed by atoms with van der Waals surface area (Å²) in [4.78, 5) is 5.46. The zero-order valence-electron chi connectivity index (χ0n) is 18.4. The van der Waals surface area contributed by atoms with E-state index in [1.807, 2.05) is 0 Å². The average Bonchev–Trinajstić information content (AvgIpc) is 2.52. The van der Waals surface area contributed by atoms with Crippen molar-refractivity contribution in [3.05, 3.63) is 29.3 Å². The van der Waals surface area contributed by atoms with Crippen LogP contribution in [-0.2, 0) is 4.84 Å². The van der Waals surface area contributed by atoms with Crippen molar-refractivity contribution < 1.29 is 9.57 Å². The predicted molar refractivity (Wildman–Crippen MR) is 112 cm³/mol. The molecule has 1 aliphatic heterocycles. The lowest BCUT2D eigenvalue weighted by atomic mass is 9.82. The van der Waals surface area contributed by atoms with Crippen molar-refractivity contribution in [2.45, 2.75) is 98.1 Å². The highest BCUT2D eigenvalue weighted by molar-refractivity contribution is 5.35. The largest absolute Gasteiger partial charge is 0.493 e. The Morgan fingerprint density at radius 2 is 1.62 bits per heavy atom. The van der Waals surface area contributed by atoms with Crippen molar-refractivity contribution in [1.29, 1.82) is 0 Å². The van der Waals surface area contributed by atoms with Gasteiger partial charge in [0.25, 0.3) is 0 Å². The molecule has 1 aromatic rings. The third-order valence-electron chi connectivity index (χ3n) is 5.20. The molecule has 3 nitrogen and oxygen atoms in total. The van der Waals surface area contributed by atoms with Gasteiger partial charge in [0, 0.05) is 11.1 Å². The van der Waals surface area contributed by atoms with Gasteiger partial charge in [0.05, 0.1) is 13.7 Å². The lowest BCUT2D eigenvalue weighted by molar-refractivity contribution is -0.263. The number of hydroxylamine groups is 2. The van der Waals surface area contributed by atoms with Gasteiger partial charge in [-0.25, -0.2) is 0 Å². The van der Waals surface area contributed by atoms with Gasteiger partial charge in [-0.3, -0.25) is 0 Å². The molecule has 0 aromatic heterocycles. The maximum Gasteiger partial charge on any atom is 0.122 e. The van der Waals surface area contributed by atoms with E-state index >= 15 is 0 Å². The molecule has 1 heterocycles. The van der Waals surface area contributed by atoms with Crippen molar-refractivity contribution in [3.63, 3.8) is 0 Å². The van der Waals surface area contributed by atoms with Crippen molar-refractivity contribution in [1.82, 2.24) is 5.06 Å². The Kier molecular flexibility index (Phi) is 9.12. The average molecular weight is 364 g/mol. The molecular formula is C23H41NO2. The zero-order chi connectivity index (χ0) is 19.8. The Hall–Kier alpha value is -1.06. The molecule has 150 valence electrons. The predicted octanol–water partition coefficient (Wildman–Crippen LogP) is 6.46. The van der Waals surface area contributed by atoms with Crippen LogP contribution in [0.15, 0.2) is 18.2 Å². The van der Waals surface area contributed by atoms with E-state index in [9.17, 15) is 0 Å². The van der Waals surface area contributed by atoms with Crippen LogP contribution in [0.5, 0.6) is 5.75 Å². The fourth-order valence-corrected chi connectivity index (χ4v) is 3.97. The van der Waals surface area contributed by atoms with E-state index in [2.05, 4.69) is 71.7 Å². The first-order valence-corrected chi connectivity index (χ1v) is 10.2.